The average molecular weight is 500 g/mol. The number of carbonyl (C=O) groups is 2. The highest BCUT2D eigenvalue weighted by Gasteiger charge is 2.21. The Morgan fingerprint density at radius 1 is 0.912 bits per heavy atom. The third-order valence-corrected chi connectivity index (χ3v) is 7.11. The van der Waals surface area contributed by atoms with Crippen molar-refractivity contribution in [2.24, 2.45) is 5.92 Å². The molecular weight excluding hydrogens is 474 g/mol. The molecule has 3 aromatic rings. The summed E-state index contributed by atoms with van der Waals surface area (Å²) < 4.78 is 26.9. The molecule has 7 nitrogen and oxygen atoms in total. The van der Waals surface area contributed by atoms with E-state index in [4.69, 9.17) is 11.6 Å². The fourth-order valence-electron chi connectivity index (χ4n) is 3.10. The van der Waals surface area contributed by atoms with E-state index in [1.807, 2.05) is 13.8 Å². The van der Waals surface area contributed by atoms with Crippen molar-refractivity contribution in [1.29, 1.82) is 0 Å². The number of benzene rings is 3. The molecule has 0 radical (unpaired) electrons. The number of rotatable bonds is 8. The highest BCUT2D eigenvalue weighted by atomic mass is 35.5. The molecule has 0 unspecified atom stereocenters. The van der Waals surface area contributed by atoms with Gasteiger partial charge in [0.2, 0.25) is 0 Å². The summed E-state index contributed by atoms with van der Waals surface area (Å²) in [4.78, 5) is 25.4. The van der Waals surface area contributed by atoms with Gasteiger partial charge in [0.05, 0.1) is 21.8 Å². The minimum atomic E-state index is -3.79. The van der Waals surface area contributed by atoms with Gasteiger partial charge in [-0.15, -0.1) is 0 Å². The monoisotopic (exact) mass is 499 g/mol. The maximum atomic E-state index is 12.9. The highest BCUT2D eigenvalue weighted by molar-refractivity contribution is 7.92. The van der Waals surface area contributed by atoms with Crippen molar-refractivity contribution in [3.05, 3.63) is 88.9 Å². The van der Waals surface area contributed by atoms with Crippen LogP contribution in [0.15, 0.2) is 77.7 Å². The summed E-state index contributed by atoms with van der Waals surface area (Å²) in [6, 6.07) is 18.8. The molecule has 0 saturated carbocycles. The SMILES string of the molecule is CC(C)CNC(=O)c1ccccc1NC(=O)c1ccc(N(C)S(=O)(=O)c2ccc(Cl)cc2)cc1. The summed E-state index contributed by atoms with van der Waals surface area (Å²) in [6.45, 7) is 4.51. The number of hydrogen-bond donors (Lipinski definition) is 2. The van der Waals surface area contributed by atoms with Crippen LogP contribution in [0.5, 0.6) is 0 Å². The first-order valence-corrected chi connectivity index (χ1v) is 12.4. The zero-order valence-electron chi connectivity index (χ0n) is 19.1. The van der Waals surface area contributed by atoms with Crippen molar-refractivity contribution in [1.82, 2.24) is 5.32 Å². The van der Waals surface area contributed by atoms with Gasteiger partial charge < -0.3 is 10.6 Å². The van der Waals surface area contributed by atoms with E-state index in [1.165, 1.54) is 43.4 Å². The average Bonchev–Trinajstić information content (AvgIpc) is 2.82. The Bertz CT molecular complexity index is 1270. The lowest BCUT2D eigenvalue weighted by atomic mass is 10.1. The molecule has 0 atom stereocenters. The number of halogens is 1. The fourth-order valence-corrected chi connectivity index (χ4v) is 4.42. The van der Waals surface area contributed by atoms with E-state index in [1.54, 1.807) is 36.4 Å². The predicted octanol–water partition coefficient (Wildman–Crippen LogP) is 4.80. The van der Waals surface area contributed by atoms with E-state index in [-0.39, 0.29) is 10.8 Å². The molecule has 3 aromatic carbocycles. The second kappa shape index (κ2) is 10.7. The van der Waals surface area contributed by atoms with Crippen LogP contribution in [0.3, 0.4) is 0 Å². The van der Waals surface area contributed by atoms with Crippen molar-refractivity contribution in [2.45, 2.75) is 18.7 Å². The Balaban J connectivity index is 1.75. The van der Waals surface area contributed by atoms with Crippen LogP contribution in [0.4, 0.5) is 11.4 Å². The molecule has 0 aliphatic carbocycles. The van der Waals surface area contributed by atoms with Gasteiger partial charge >= 0.3 is 0 Å². The van der Waals surface area contributed by atoms with E-state index in [9.17, 15) is 18.0 Å². The van der Waals surface area contributed by atoms with Crippen LogP contribution in [0.1, 0.15) is 34.6 Å². The second-order valence-corrected chi connectivity index (χ2v) is 10.5. The van der Waals surface area contributed by atoms with Crippen LogP contribution in [-0.2, 0) is 10.0 Å². The largest absolute Gasteiger partial charge is 0.352 e. The van der Waals surface area contributed by atoms with Crippen LogP contribution in [0.2, 0.25) is 5.02 Å². The quantitative estimate of drug-likeness (QED) is 0.465. The number of carbonyl (C=O) groups excluding carboxylic acids is 2. The van der Waals surface area contributed by atoms with E-state index in [0.29, 0.717) is 40.0 Å². The standard InChI is InChI=1S/C25H26ClN3O4S/c1-17(2)16-27-25(31)22-6-4-5-7-23(22)28-24(30)18-8-12-20(13-9-18)29(3)34(32,33)21-14-10-19(26)11-15-21/h4-15,17H,16H2,1-3H3,(H,27,31)(H,28,30). The maximum absolute atomic E-state index is 12.9. The van der Waals surface area contributed by atoms with Gasteiger partial charge in [-0.05, 0) is 66.6 Å². The van der Waals surface area contributed by atoms with E-state index < -0.39 is 15.9 Å². The second-order valence-electron chi connectivity index (χ2n) is 8.08. The highest BCUT2D eigenvalue weighted by Crippen LogP contribution is 2.24. The number of para-hydroxylation sites is 1. The first-order chi connectivity index (χ1) is 16.1. The van der Waals surface area contributed by atoms with Gasteiger partial charge in [0, 0.05) is 24.2 Å². The number of hydrogen-bond acceptors (Lipinski definition) is 4. The van der Waals surface area contributed by atoms with Crippen LogP contribution in [0, 0.1) is 5.92 Å². The topological polar surface area (TPSA) is 95.6 Å². The van der Waals surface area contributed by atoms with Gasteiger partial charge in [0.1, 0.15) is 0 Å². The van der Waals surface area contributed by atoms with Crippen molar-refractivity contribution >= 4 is 44.8 Å². The molecule has 2 amide bonds. The molecule has 0 fully saturated rings. The molecule has 2 N–H and O–H groups in total. The van der Waals surface area contributed by atoms with E-state index in [2.05, 4.69) is 10.6 Å². The van der Waals surface area contributed by atoms with Gasteiger partial charge in [-0.3, -0.25) is 13.9 Å². The van der Waals surface area contributed by atoms with Crippen molar-refractivity contribution in [3.8, 4) is 0 Å². The van der Waals surface area contributed by atoms with Gasteiger partial charge in [0.15, 0.2) is 0 Å². The Morgan fingerprint density at radius 2 is 1.53 bits per heavy atom. The zero-order chi connectivity index (χ0) is 24.9. The van der Waals surface area contributed by atoms with Crippen LogP contribution in [0.25, 0.3) is 0 Å². The summed E-state index contributed by atoms with van der Waals surface area (Å²) in [5.74, 6) is -0.390. The van der Waals surface area contributed by atoms with Crippen molar-refractivity contribution in [3.63, 3.8) is 0 Å². The molecule has 0 aromatic heterocycles. The van der Waals surface area contributed by atoms with Crippen LogP contribution >= 0.6 is 11.6 Å². The summed E-state index contributed by atoms with van der Waals surface area (Å²) in [5.41, 5.74) is 1.46. The first-order valence-electron chi connectivity index (χ1n) is 10.6. The first kappa shape index (κ1) is 25.3. The molecular formula is C25H26ClN3O4S. The third kappa shape index (κ3) is 5.95. The molecule has 3 rings (SSSR count). The van der Waals surface area contributed by atoms with E-state index in [0.717, 1.165) is 4.31 Å². The Kier molecular flexibility index (Phi) is 7.96. The number of nitrogens with one attached hydrogen (secondary N) is 2. The normalized spacial score (nSPS) is 11.2. The van der Waals surface area contributed by atoms with Gasteiger partial charge in [-0.25, -0.2) is 8.42 Å². The Morgan fingerprint density at radius 3 is 2.15 bits per heavy atom. The number of sulfonamides is 1. The minimum absolute atomic E-state index is 0.105. The molecule has 0 aliphatic heterocycles. The maximum Gasteiger partial charge on any atom is 0.264 e. The minimum Gasteiger partial charge on any atom is -0.352 e. The van der Waals surface area contributed by atoms with E-state index >= 15 is 0 Å². The molecule has 9 heteroatoms. The molecule has 0 saturated heterocycles. The molecule has 0 heterocycles. The Hall–Kier alpha value is -3.36. The summed E-state index contributed by atoms with van der Waals surface area (Å²) in [5, 5.41) is 6.04. The van der Waals surface area contributed by atoms with Crippen LogP contribution in [-0.4, -0.2) is 33.8 Å². The van der Waals surface area contributed by atoms with Gasteiger partial charge in [-0.2, -0.15) is 0 Å². The fraction of sp³-hybridized carbons (Fsp3) is 0.200. The van der Waals surface area contributed by atoms with Crippen LogP contribution < -0.4 is 14.9 Å². The smallest absolute Gasteiger partial charge is 0.264 e. The molecule has 0 bridgehead atoms. The lowest BCUT2D eigenvalue weighted by Gasteiger charge is -2.20. The Labute approximate surface area is 204 Å². The number of nitrogens with zero attached hydrogens (tertiary/aromatic N) is 1. The lowest BCUT2D eigenvalue weighted by Crippen LogP contribution is -2.28. The van der Waals surface area contributed by atoms with Crippen molar-refractivity contribution in [2.75, 3.05) is 23.2 Å². The zero-order valence-corrected chi connectivity index (χ0v) is 20.7. The molecule has 0 aliphatic rings. The summed E-state index contributed by atoms with van der Waals surface area (Å²) >= 11 is 5.85. The summed E-state index contributed by atoms with van der Waals surface area (Å²) in [6.07, 6.45) is 0. The van der Waals surface area contributed by atoms with Gasteiger partial charge in [0.25, 0.3) is 21.8 Å². The molecule has 34 heavy (non-hydrogen) atoms. The third-order valence-electron chi connectivity index (χ3n) is 5.06. The number of anilines is 2. The molecule has 0 spiro atoms. The lowest BCUT2D eigenvalue weighted by molar-refractivity contribution is 0.0950. The van der Waals surface area contributed by atoms with Crippen molar-refractivity contribution < 1.29 is 18.0 Å². The van der Waals surface area contributed by atoms with Gasteiger partial charge in [-0.1, -0.05) is 37.6 Å². The number of amides is 2. The molecule has 178 valence electrons. The predicted molar refractivity (Wildman–Crippen MR) is 135 cm³/mol. The summed E-state index contributed by atoms with van der Waals surface area (Å²) in [7, 11) is -2.35.